The average Bonchev–Trinajstić information content (AvgIpc) is 3.33. The number of benzene rings is 1. The molecule has 1 heterocycles. The molecule has 1 aliphatic carbocycles. The van der Waals surface area contributed by atoms with Crippen LogP contribution in [-0.4, -0.2) is 30.8 Å². The van der Waals surface area contributed by atoms with E-state index >= 15 is 0 Å². The lowest BCUT2D eigenvalue weighted by molar-refractivity contribution is -0.385. The first kappa shape index (κ1) is 19.1. The Labute approximate surface area is 155 Å². The molecule has 0 aliphatic heterocycles. The van der Waals surface area contributed by atoms with E-state index in [1.165, 1.54) is 6.92 Å². The SMILES string of the molecule is CC(Sc1nncn1C1CC1)C(=O)Nc1ccc([N+](=O)[O-])cc1C(F)(F)F. The number of carbonyl (C=O) groups excluding carboxylic acids is 1. The number of rotatable bonds is 6. The molecule has 1 saturated carbocycles. The molecular formula is C15H14F3N5O3S. The lowest BCUT2D eigenvalue weighted by Crippen LogP contribution is -2.24. The largest absolute Gasteiger partial charge is 0.418 e. The minimum Gasteiger partial charge on any atom is -0.325 e. The van der Waals surface area contributed by atoms with Crippen LogP contribution in [0.25, 0.3) is 0 Å². The van der Waals surface area contributed by atoms with Gasteiger partial charge in [0.1, 0.15) is 6.33 Å². The maximum Gasteiger partial charge on any atom is 0.418 e. The molecule has 1 aromatic carbocycles. The molecule has 144 valence electrons. The van der Waals surface area contributed by atoms with Crippen molar-refractivity contribution >= 4 is 29.0 Å². The van der Waals surface area contributed by atoms with Gasteiger partial charge >= 0.3 is 6.18 Å². The van der Waals surface area contributed by atoms with Crippen LogP contribution in [0.1, 0.15) is 31.4 Å². The quantitative estimate of drug-likeness (QED) is 0.450. The number of halogens is 3. The highest BCUT2D eigenvalue weighted by atomic mass is 32.2. The van der Waals surface area contributed by atoms with Crippen LogP contribution in [-0.2, 0) is 11.0 Å². The number of aromatic nitrogens is 3. The highest BCUT2D eigenvalue weighted by Gasteiger charge is 2.36. The van der Waals surface area contributed by atoms with Crippen molar-refractivity contribution < 1.29 is 22.9 Å². The zero-order valence-corrected chi connectivity index (χ0v) is 14.8. The van der Waals surface area contributed by atoms with E-state index in [2.05, 4.69) is 15.5 Å². The number of anilines is 1. The highest BCUT2D eigenvalue weighted by Crippen LogP contribution is 2.39. The summed E-state index contributed by atoms with van der Waals surface area (Å²) in [5, 5.41) is 20.4. The number of alkyl halides is 3. The van der Waals surface area contributed by atoms with E-state index in [4.69, 9.17) is 0 Å². The number of amides is 1. The first-order valence-electron chi connectivity index (χ1n) is 7.89. The van der Waals surface area contributed by atoms with Gasteiger partial charge in [0.15, 0.2) is 5.16 Å². The maximum absolute atomic E-state index is 13.2. The van der Waals surface area contributed by atoms with E-state index in [1.54, 1.807) is 6.33 Å². The number of nitro benzene ring substituents is 1. The van der Waals surface area contributed by atoms with Gasteiger partial charge in [0.05, 0.1) is 21.4 Å². The van der Waals surface area contributed by atoms with E-state index in [0.717, 1.165) is 36.7 Å². The summed E-state index contributed by atoms with van der Waals surface area (Å²) >= 11 is 1.08. The highest BCUT2D eigenvalue weighted by molar-refractivity contribution is 8.00. The Morgan fingerprint density at radius 3 is 2.74 bits per heavy atom. The number of carbonyl (C=O) groups is 1. The normalized spacial score (nSPS) is 15.4. The monoisotopic (exact) mass is 401 g/mol. The van der Waals surface area contributed by atoms with Gasteiger partial charge in [-0.05, 0) is 25.8 Å². The first-order valence-corrected chi connectivity index (χ1v) is 8.77. The molecular weight excluding hydrogens is 387 g/mol. The van der Waals surface area contributed by atoms with Gasteiger partial charge in [-0.1, -0.05) is 11.8 Å². The van der Waals surface area contributed by atoms with Crippen molar-refractivity contribution in [1.82, 2.24) is 14.8 Å². The number of nitro groups is 1. The molecule has 1 atom stereocenters. The van der Waals surface area contributed by atoms with E-state index in [-0.39, 0.29) is 0 Å². The van der Waals surface area contributed by atoms with Crippen LogP contribution >= 0.6 is 11.8 Å². The third-order valence-corrected chi connectivity index (χ3v) is 4.98. The Kier molecular flexibility index (Phi) is 5.09. The van der Waals surface area contributed by atoms with Crippen LogP contribution in [0.5, 0.6) is 0 Å². The molecule has 0 spiro atoms. The summed E-state index contributed by atoms with van der Waals surface area (Å²) in [6.07, 6.45) is -1.31. The van der Waals surface area contributed by atoms with Gasteiger partial charge in [-0.2, -0.15) is 13.2 Å². The molecule has 0 saturated heterocycles. The van der Waals surface area contributed by atoms with E-state index in [9.17, 15) is 28.1 Å². The number of non-ortho nitro benzene ring substituents is 1. The second-order valence-corrected chi connectivity index (χ2v) is 7.29. The van der Waals surface area contributed by atoms with Crippen molar-refractivity contribution in [1.29, 1.82) is 0 Å². The van der Waals surface area contributed by atoms with E-state index in [1.807, 2.05) is 4.57 Å². The summed E-state index contributed by atoms with van der Waals surface area (Å²) in [5.74, 6) is -0.676. The van der Waals surface area contributed by atoms with Gasteiger partial charge < -0.3 is 9.88 Å². The molecule has 0 radical (unpaired) electrons. The second-order valence-electron chi connectivity index (χ2n) is 5.99. The van der Waals surface area contributed by atoms with Gasteiger partial charge in [-0.15, -0.1) is 10.2 Å². The Bertz CT molecular complexity index is 882. The van der Waals surface area contributed by atoms with E-state index in [0.29, 0.717) is 17.3 Å². The van der Waals surface area contributed by atoms with Crippen molar-refractivity contribution in [2.75, 3.05) is 5.32 Å². The van der Waals surface area contributed by atoms with Gasteiger partial charge in [0.2, 0.25) is 5.91 Å². The van der Waals surface area contributed by atoms with Crippen LogP contribution in [0.3, 0.4) is 0 Å². The van der Waals surface area contributed by atoms with Crippen LogP contribution in [0.15, 0.2) is 29.7 Å². The topological polar surface area (TPSA) is 103 Å². The number of nitrogens with one attached hydrogen (secondary N) is 1. The molecule has 8 nitrogen and oxygen atoms in total. The van der Waals surface area contributed by atoms with Crippen LogP contribution in [0.2, 0.25) is 0 Å². The molecule has 1 aliphatic rings. The fourth-order valence-electron chi connectivity index (χ4n) is 2.35. The summed E-state index contributed by atoms with van der Waals surface area (Å²) < 4.78 is 41.4. The Hall–Kier alpha value is -2.63. The summed E-state index contributed by atoms with van der Waals surface area (Å²) in [6, 6.07) is 2.48. The predicted molar refractivity (Wildman–Crippen MR) is 90.3 cm³/mol. The summed E-state index contributed by atoms with van der Waals surface area (Å²) in [5.41, 5.74) is -2.52. The van der Waals surface area contributed by atoms with Gasteiger partial charge in [0, 0.05) is 18.2 Å². The number of hydrogen-bond acceptors (Lipinski definition) is 6. The van der Waals surface area contributed by atoms with Crippen molar-refractivity contribution in [3.05, 3.63) is 40.2 Å². The zero-order chi connectivity index (χ0) is 19.8. The molecule has 0 bridgehead atoms. The van der Waals surface area contributed by atoms with Crippen molar-refractivity contribution in [2.45, 2.75) is 42.4 Å². The molecule has 1 amide bonds. The van der Waals surface area contributed by atoms with Gasteiger partial charge in [-0.25, -0.2) is 0 Å². The molecule has 1 fully saturated rings. The minimum atomic E-state index is -4.85. The molecule has 1 N–H and O–H groups in total. The third-order valence-electron chi connectivity index (χ3n) is 3.91. The van der Waals surface area contributed by atoms with Crippen LogP contribution in [0.4, 0.5) is 24.5 Å². The first-order chi connectivity index (χ1) is 12.7. The molecule has 3 rings (SSSR count). The van der Waals surface area contributed by atoms with Crippen LogP contribution < -0.4 is 5.32 Å². The molecule has 27 heavy (non-hydrogen) atoms. The maximum atomic E-state index is 13.2. The fraction of sp³-hybridized carbons (Fsp3) is 0.400. The fourth-order valence-corrected chi connectivity index (χ4v) is 3.25. The second kappa shape index (κ2) is 7.18. The van der Waals surface area contributed by atoms with Crippen molar-refractivity contribution in [3.8, 4) is 0 Å². The summed E-state index contributed by atoms with van der Waals surface area (Å²) in [7, 11) is 0. The number of hydrogen-bond donors (Lipinski definition) is 1. The predicted octanol–water partition coefficient (Wildman–Crippen LogP) is 3.66. The van der Waals surface area contributed by atoms with E-state index < -0.39 is 39.2 Å². The lowest BCUT2D eigenvalue weighted by atomic mass is 10.1. The summed E-state index contributed by atoms with van der Waals surface area (Å²) in [6.45, 7) is 1.53. The number of thioether (sulfide) groups is 1. The average molecular weight is 401 g/mol. The minimum absolute atomic E-state index is 0.296. The lowest BCUT2D eigenvalue weighted by Gasteiger charge is -2.16. The molecule has 1 unspecified atom stereocenters. The standard InChI is InChI=1S/C15H14F3N5O3S/c1-8(27-14-21-19-7-22(14)9-2-3-9)13(24)20-12-5-4-10(23(25)26)6-11(12)15(16,17)18/h4-9H,2-3H2,1H3,(H,20,24). The summed E-state index contributed by atoms with van der Waals surface area (Å²) in [4.78, 5) is 22.1. The molecule has 2 aromatic rings. The Morgan fingerprint density at radius 2 is 2.15 bits per heavy atom. The van der Waals surface area contributed by atoms with Crippen molar-refractivity contribution in [3.63, 3.8) is 0 Å². The van der Waals surface area contributed by atoms with Crippen molar-refractivity contribution in [2.24, 2.45) is 0 Å². The molecule has 12 heteroatoms. The smallest absolute Gasteiger partial charge is 0.325 e. The third kappa shape index (κ3) is 4.38. The van der Waals surface area contributed by atoms with Gasteiger partial charge in [0.25, 0.3) is 5.69 Å². The van der Waals surface area contributed by atoms with Gasteiger partial charge in [-0.3, -0.25) is 14.9 Å². The Morgan fingerprint density at radius 1 is 1.44 bits per heavy atom. The zero-order valence-electron chi connectivity index (χ0n) is 13.9. The Balaban J connectivity index is 1.76. The molecule has 1 aromatic heterocycles. The van der Waals surface area contributed by atoms with Crippen LogP contribution in [0, 0.1) is 10.1 Å². The number of nitrogens with zero attached hydrogens (tertiary/aromatic N) is 4.